The Morgan fingerprint density at radius 2 is 2.03 bits per heavy atom. The number of hydrogen-bond donors (Lipinski definition) is 2. The highest BCUT2D eigenvalue weighted by Gasteiger charge is 2.34. The van der Waals surface area contributed by atoms with Crippen molar-refractivity contribution in [3.63, 3.8) is 0 Å². The molecule has 7 nitrogen and oxygen atoms in total. The molecule has 1 aliphatic heterocycles. The molecule has 0 aliphatic carbocycles. The second-order valence-corrected chi connectivity index (χ2v) is 8.92. The van der Waals surface area contributed by atoms with Crippen molar-refractivity contribution in [3.8, 4) is 0 Å². The molecule has 1 unspecified atom stereocenters. The average Bonchev–Trinajstić information content (AvgIpc) is 2.61. The van der Waals surface area contributed by atoms with Crippen molar-refractivity contribution in [1.82, 2.24) is 15.2 Å². The van der Waals surface area contributed by atoms with Crippen LogP contribution in [0.5, 0.6) is 0 Å². The molecule has 1 aliphatic rings. The number of nitrogens with one attached hydrogen (secondary N) is 1. The Hall–Kier alpha value is -2.61. The van der Waals surface area contributed by atoms with E-state index in [-0.39, 0.29) is 30.6 Å². The molecule has 1 heterocycles. The first-order chi connectivity index (χ1) is 14.6. The van der Waals surface area contributed by atoms with Gasteiger partial charge >= 0.3 is 6.09 Å². The Kier molecular flexibility index (Phi) is 8.86. The summed E-state index contributed by atoms with van der Waals surface area (Å²) in [6, 6.07) is 5.83. The van der Waals surface area contributed by atoms with Crippen LogP contribution in [0.2, 0.25) is 0 Å². The quantitative estimate of drug-likeness (QED) is 0.460. The first-order valence-corrected chi connectivity index (χ1v) is 10.8. The van der Waals surface area contributed by atoms with Crippen LogP contribution in [0.4, 0.5) is 9.18 Å². The van der Waals surface area contributed by atoms with Gasteiger partial charge in [-0.1, -0.05) is 37.6 Å². The highest BCUT2D eigenvalue weighted by Crippen LogP contribution is 2.18. The van der Waals surface area contributed by atoms with E-state index in [1.165, 1.54) is 6.07 Å². The lowest BCUT2D eigenvalue weighted by molar-refractivity contribution is -0.138. The van der Waals surface area contributed by atoms with E-state index in [0.717, 1.165) is 12.8 Å². The zero-order valence-corrected chi connectivity index (χ0v) is 18.9. The summed E-state index contributed by atoms with van der Waals surface area (Å²) in [5, 5.41) is 4.36. The second kappa shape index (κ2) is 11.1. The fourth-order valence-corrected chi connectivity index (χ4v) is 3.25. The third kappa shape index (κ3) is 8.20. The van der Waals surface area contributed by atoms with Gasteiger partial charge in [-0.05, 0) is 45.2 Å². The Bertz CT molecular complexity index is 772. The van der Waals surface area contributed by atoms with Crippen LogP contribution >= 0.6 is 0 Å². The minimum Gasteiger partial charge on any atom is -0.444 e. The molecule has 8 heteroatoms. The van der Waals surface area contributed by atoms with Crippen LogP contribution in [0.15, 0.2) is 36.5 Å². The first kappa shape index (κ1) is 24.7. The summed E-state index contributed by atoms with van der Waals surface area (Å²) in [6.07, 6.45) is 5.48. The van der Waals surface area contributed by atoms with Crippen molar-refractivity contribution in [1.29, 1.82) is 0 Å². The fraction of sp³-hybridized carbons (Fsp3) is 0.565. The first-order valence-electron chi connectivity index (χ1n) is 10.8. The van der Waals surface area contributed by atoms with Crippen molar-refractivity contribution < 1.29 is 18.7 Å². The van der Waals surface area contributed by atoms with Crippen LogP contribution in [0.25, 0.3) is 0 Å². The number of benzene rings is 1. The molecule has 2 amide bonds. The van der Waals surface area contributed by atoms with E-state index < -0.39 is 17.7 Å². The second-order valence-electron chi connectivity index (χ2n) is 8.92. The van der Waals surface area contributed by atoms with Crippen LogP contribution in [-0.4, -0.2) is 52.7 Å². The SMILES string of the molecule is CCC/C=C\N(N)C1CN(C(=O)CC(Cc2ccccc2F)NC(=O)OC(C)(C)C)C1. The zero-order chi connectivity index (χ0) is 23.0. The van der Waals surface area contributed by atoms with Gasteiger partial charge in [0.2, 0.25) is 5.91 Å². The molecular formula is C23H35FN4O3. The van der Waals surface area contributed by atoms with Crippen molar-refractivity contribution in [3.05, 3.63) is 47.9 Å². The van der Waals surface area contributed by atoms with Gasteiger partial charge in [0.1, 0.15) is 11.4 Å². The number of nitrogens with two attached hydrogens (primary N) is 1. The number of carbonyl (C=O) groups excluding carboxylic acids is 2. The minimum absolute atomic E-state index is 0.0521. The van der Waals surface area contributed by atoms with E-state index in [0.29, 0.717) is 18.7 Å². The lowest BCUT2D eigenvalue weighted by atomic mass is 10.0. The van der Waals surface area contributed by atoms with Gasteiger partial charge in [-0.2, -0.15) is 0 Å². The lowest BCUT2D eigenvalue weighted by Gasteiger charge is -2.43. The van der Waals surface area contributed by atoms with Crippen LogP contribution in [0.3, 0.4) is 0 Å². The van der Waals surface area contributed by atoms with Gasteiger partial charge in [-0.25, -0.2) is 15.0 Å². The third-order valence-electron chi connectivity index (χ3n) is 4.94. The van der Waals surface area contributed by atoms with Crippen molar-refractivity contribution >= 4 is 12.0 Å². The molecule has 172 valence electrons. The molecule has 1 saturated heterocycles. The molecule has 1 atom stereocenters. The molecule has 0 spiro atoms. The van der Waals surface area contributed by atoms with E-state index in [1.807, 2.05) is 12.3 Å². The summed E-state index contributed by atoms with van der Waals surface area (Å²) in [4.78, 5) is 26.7. The zero-order valence-electron chi connectivity index (χ0n) is 18.9. The number of hydrogen-bond acceptors (Lipinski definition) is 5. The monoisotopic (exact) mass is 434 g/mol. The summed E-state index contributed by atoms with van der Waals surface area (Å²) in [5.74, 6) is 5.54. The van der Waals surface area contributed by atoms with Gasteiger partial charge in [0.05, 0.1) is 6.04 Å². The molecule has 0 aromatic heterocycles. The number of halogens is 1. The van der Waals surface area contributed by atoms with Crippen molar-refractivity contribution in [2.75, 3.05) is 13.1 Å². The number of likely N-dealkylation sites (tertiary alicyclic amines) is 1. The molecule has 1 aromatic carbocycles. The maximum atomic E-state index is 14.1. The molecule has 0 radical (unpaired) electrons. The molecule has 0 bridgehead atoms. The van der Waals surface area contributed by atoms with E-state index in [4.69, 9.17) is 10.6 Å². The predicted molar refractivity (Wildman–Crippen MR) is 118 cm³/mol. The summed E-state index contributed by atoms with van der Waals surface area (Å²) in [7, 11) is 0. The fourth-order valence-electron chi connectivity index (χ4n) is 3.25. The molecule has 3 N–H and O–H groups in total. The highest BCUT2D eigenvalue weighted by atomic mass is 19.1. The molecule has 2 rings (SSSR count). The van der Waals surface area contributed by atoms with Gasteiger partial charge in [0.25, 0.3) is 0 Å². The topological polar surface area (TPSA) is 87.9 Å². The number of allylic oxidation sites excluding steroid dienone is 1. The minimum atomic E-state index is -0.669. The number of alkyl carbamates (subject to hydrolysis) is 1. The predicted octanol–water partition coefficient (Wildman–Crippen LogP) is 3.35. The van der Waals surface area contributed by atoms with Gasteiger partial charge in [0, 0.05) is 31.8 Å². The Morgan fingerprint density at radius 3 is 2.65 bits per heavy atom. The van der Waals surface area contributed by atoms with Crippen LogP contribution in [-0.2, 0) is 16.0 Å². The summed E-state index contributed by atoms with van der Waals surface area (Å²) < 4.78 is 19.4. The molecule has 0 saturated carbocycles. The highest BCUT2D eigenvalue weighted by molar-refractivity contribution is 5.79. The molecule has 31 heavy (non-hydrogen) atoms. The summed E-state index contributed by atoms with van der Waals surface area (Å²) in [5.41, 5.74) is -0.232. The maximum Gasteiger partial charge on any atom is 0.407 e. The third-order valence-corrected chi connectivity index (χ3v) is 4.94. The number of nitrogens with zero attached hydrogens (tertiary/aromatic N) is 2. The van der Waals surface area contributed by atoms with Gasteiger partial charge < -0.3 is 20.0 Å². The number of hydrazine groups is 1. The molecule has 1 aromatic rings. The Labute approximate surface area is 184 Å². The lowest BCUT2D eigenvalue weighted by Crippen LogP contribution is -2.62. The normalized spacial score (nSPS) is 15.5. The Balaban J connectivity index is 1.96. The largest absolute Gasteiger partial charge is 0.444 e. The standard InChI is InChI=1S/C23H35FN4O3/c1-5-6-9-12-28(25)19-15-27(16-19)21(29)14-18(26-22(30)31-23(2,3)4)13-17-10-7-8-11-20(17)24/h7-12,18-19H,5-6,13-16,25H2,1-4H3,(H,26,30)/b12-9-. The smallest absolute Gasteiger partial charge is 0.407 e. The van der Waals surface area contributed by atoms with Crippen LogP contribution in [0, 0.1) is 5.82 Å². The number of carbonyl (C=O) groups is 2. The van der Waals surface area contributed by atoms with E-state index in [2.05, 4.69) is 12.2 Å². The van der Waals surface area contributed by atoms with Crippen LogP contribution < -0.4 is 11.2 Å². The van der Waals surface area contributed by atoms with E-state index in [9.17, 15) is 14.0 Å². The van der Waals surface area contributed by atoms with Gasteiger partial charge in [-0.3, -0.25) is 4.79 Å². The van der Waals surface area contributed by atoms with Gasteiger partial charge in [-0.15, -0.1) is 0 Å². The van der Waals surface area contributed by atoms with E-state index >= 15 is 0 Å². The Morgan fingerprint density at radius 1 is 1.35 bits per heavy atom. The summed E-state index contributed by atoms with van der Waals surface area (Å²) in [6.45, 7) is 8.42. The van der Waals surface area contributed by atoms with E-state index in [1.54, 1.807) is 48.9 Å². The van der Waals surface area contributed by atoms with Gasteiger partial charge in [0.15, 0.2) is 0 Å². The summed E-state index contributed by atoms with van der Waals surface area (Å²) >= 11 is 0. The number of ether oxygens (including phenoxy) is 1. The maximum absolute atomic E-state index is 14.1. The average molecular weight is 435 g/mol. The molecule has 1 fully saturated rings. The van der Waals surface area contributed by atoms with Crippen molar-refractivity contribution in [2.45, 2.75) is 71.1 Å². The number of unbranched alkanes of at least 4 members (excludes halogenated alkanes) is 1. The van der Waals surface area contributed by atoms with Crippen LogP contribution in [0.1, 0.15) is 52.5 Å². The molecular weight excluding hydrogens is 399 g/mol. The van der Waals surface area contributed by atoms with Crippen molar-refractivity contribution in [2.24, 2.45) is 5.84 Å². The number of amides is 2. The number of rotatable bonds is 9.